The van der Waals surface area contributed by atoms with Gasteiger partial charge in [-0.3, -0.25) is 0 Å². The number of rotatable bonds is 13. The maximum Gasteiger partial charge on any atom is 0.186 e. The van der Waals surface area contributed by atoms with Crippen LogP contribution in [0.25, 0.3) is 0 Å². The Morgan fingerprint density at radius 3 is 2.29 bits per heavy atom. The maximum atomic E-state index is 10.8. The molecule has 0 amide bonds. The minimum absolute atomic E-state index is 0.0826. The Hall–Kier alpha value is -2.68. The fraction of sp³-hybridized carbons (Fsp3) is 0.538. The Kier molecular flexibility index (Phi) is 10.9. The molecule has 0 unspecified atom stereocenters. The van der Waals surface area contributed by atoms with Crippen LogP contribution in [0.2, 0.25) is 0 Å². The molecule has 0 aromatic heterocycles. The van der Waals surface area contributed by atoms with E-state index in [0.717, 1.165) is 5.56 Å². The molecule has 0 spiro atoms. The molecule has 38 heavy (non-hydrogen) atoms. The monoisotopic (exact) mass is 540 g/mol. The Balaban J connectivity index is 1.58. The summed E-state index contributed by atoms with van der Waals surface area (Å²) in [6.07, 6.45) is -7.82. The third kappa shape index (κ3) is 7.04. The minimum Gasteiger partial charge on any atom is -0.504 e. The minimum atomic E-state index is -1.50. The second-order valence-electron chi connectivity index (χ2n) is 8.87. The van der Waals surface area contributed by atoms with Gasteiger partial charge in [0.1, 0.15) is 30.5 Å². The van der Waals surface area contributed by atoms with Crippen LogP contribution in [0.1, 0.15) is 23.7 Å². The van der Waals surface area contributed by atoms with E-state index in [9.17, 15) is 35.7 Å². The van der Waals surface area contributed by atoms with Crippen LogP contribution in [0.4, 0.5) is 0 Å². The van der Waals surface area contributed by atoms with Crippen LogP contribution < -0.4 is 14.2 Å². The summed E-state index contributed by atoms with van der Waals surface area (Å²) >= 11 is 0. The number of hydrogen-bond donors (Lipinski definition) is 7. The Morgan fingerprint density at radius 1 is 0.895 bits per heavy atom. The van der Waals surface area contributed by atoms with Crippen molar-refractivity contribution in [1.29, 1.82) is 0 Å². The highest BCUT2D eigenvalue weighted by atomic mass is 16.7. The van der Waals surface area contributed by atoms with Crippen LogP contribution in [0.3, 0.4) is 0 Å². The number of aryl methyl sites for hydroxylation is 1. The Morgan fingerprint density at radius 2 is 1.63 bits per heavy atom. The van der Waals surface area contributed by atoms with Crippen molar-refractivity contribution in [3.05, 3.63) is 47.5 Å². The molecule has 0 saturated carbocycles. The highest BCUT2D eigenvalue weighted by Crippen LogP contribution is 2.34. The number of aliphatic hydroxyl groups is 6. The van der Waals surface area contributed by atoms with Crippen molar-refractivity contribution in [2.75, 3.05) is 34.0 Å². The molecule has 1 saturated heterocycles. The van der Waals surface area contributed by atoms with E-state index in [2.05, 4.69) is 0 Å². The molecule has 1 aliphatic heterocycles. The summed E-state index contributed by atoms with van der Waals surface area (Å²) in [5, 5.41) is 69.4. The van der Waals surface area contributed by atoms with Crippen molar-refractivity contribution >= 4 is 0 Å². The van der Waals surface area contributed by atoms with Gasteiger partial charge >= 0.3 is 0 Å². The van der Waals surface area contributed by atoms with Crippen LogP contribution in [-0.2, 0) is 15.9 Å². The molecule has 7 atom stereocenters. The highest BCUT2D eigenvalue weighted by Gasteiger charge is 2.43. The predicted octanol–water partition coefficient (Wildman–Crippen LogP) is -0.368. The van der Waals surface area contributed by atoms with Gasteiger partial charge in [-0.05, 0) is 48.2 Å². The van der Waals surface area contributed by atoms with Crippen LogP contribution in [0, 0.1) is 0 Å². The molecule has 3 rings (SSSR count). The molecule has 212 valence electrons. The first kappa shape index (κ1) is 29.9. The maximum absolute atomic E-state index is 10.8. The van der Waals surface area contributed by atoms with E-state index in [4.69, 9.17) is 23.7 Å². The number of aromatic hydroxyl groups is 1. The van der Waals surface area contributed by atoms with Gasteiger partial charge in [0.25, 0.3) is 0 Å². The molecule has 1 aliphatic rings. The van der Waals surface area contributed by atoms with Crippen molar-refractivity contribution in [3.8, 4) is 23.0 Å². The second kappa shape index (κ2) is 13.9. The zero-order valence-electron chi connectivity index (χ0n) is 21.2. The van der Waals surface area contributed by atoms with Gasteiger partial charge in [0, 0.05) is 0 Å². The van der Waals surface area contributed by atoms with Crippen LogP contribution in [-0.4, -0.2) is 107 Å². The number of phenols is 1. The normalized spacial score (nSPS) is 25.0. The van der Waals surface area contributed by atoms with Gasteiger partial charge < -0.3 is 59.4 Å². The molecule has 1 fully saturated rings. The number of phenolic OH excluding ortho intramolecular Hbond substituents is 1. The SMILES string of the molecule is COc1cc([C@@H](O)[C@@H](CO)Oc2ccc(CCCO[C@@H]3O[C@@H](CO)[C@@H](O)[C@@H](O)[C@H]3O)cc2OC)ccc1O. The van der Waals surface area contributed by atoms with E-state index in [0.29, 0.717) is 29.9 Å². The Bertz CT molecular complexity index is 1020. The standard InChI is InChI=1S/C26H36O12/c1-34-18-11-15(6-7-16(18)29)22(30)20(12-27)37-17-8-5-14(10-19(17)35-2)4-3-9-36-26-25(33)24(32)23(31)21(13-28)38-26/h5-8,10-11,20-33H,3-4,9,12-13H2,1-2H3/t20-,21+,22-,23-,24-,25-,26-/m1/s1. The topological polar surface area (TPSA) is 188 Å². The zero-order valence-corrected chi connectivity index (χ0v) is 21.2. The number of ether oxygens (including phenoxy) is 5. The summed E-state index contributed by atoms with van der Waals surface area (Å²) in [4.78, 5) is 0. The number of methoxy groups -OCH3 is 2. The van der Waals surface area contributed by atoms with Gasteiger partial charge in [-0.25, -0.2) is 0 Å². The van der Waals surface area contributed by atoms with E-state index in [-0.39, 0.29) is 18.1 Å². The van der Waals surface area contributed by atoms with Crippen molar-refractivity contribution in [2.24, 2.45) is 0 Å². The molecule has 2 aromatic rings. The average molecular weight is 541 g/mol. The van der Waals surface area contributed by atoms with E-state index < -0.39 is 56.1 Å². The molecule has 0 radical (unpaired) electrons. The van der Waals surface area contributed by atoms with Gasteiger partial charge in [-0.15, -0.1) is 0 Å². The van der Waals surface area contributed by atoms with Crippen molar-refractivity contribution in [1.82, 2.24) is 0 Å². The number of aliphatic hydroxyl groups excluding tert-OH is 6. The molecule has 12 nitrogen and oxygen atoms in total. The molecule has 1 heterocycles. The summed E-state index contributed by atoms with van der Waals surface area (Å²) in [6, 6.07) is 9.52. The van der Waals surface area contributed by atoms with E-state index in [1.54, 1.807) is 18.2 Å². The smallest absolute Gasteiger partial charge is 0.186 e. The first-order valence-corrected chi connectivity index (χ1v) is 12.2. The van der Waals surface area contributed by atoms with Gasteiger partial charge in [0.2, 0.25) is 0 Å². The summed E-state index contributed by atoms with van der Waals surface area (Å²) in [5.74, 6) is 0.778. The molecule has 0 aliphatic carbocycles. The number of hydrogen-bond acceptors (Lipinski definition) is 12. The third-order valence-corrected chi connectivity index (χ3v) is 6.32. The van der Waals surface area contributed by atoms with Gasteiger partial charge in [-0.2, -0.15) is 0 Å². The van der Waals surface area contributed by atoms with Crippen molar-refractivity contribution in [3.63, 3.8) is 0 Å². The molecule has 0 bridgehead atoms. The highest BCUT2D eigenvalue weighted by molar-refractivity contribution is 5.44. The van der Waals surface area contributed by atoms with Gasteiger partial charge in [-0.1, -0.05) is 12.1 Å². The fourth-order valence-electron chi connectivity index (χ4n) is 4.10. The zero-order chi connectivity index (χ0) is 27.8. The first-order chi connectivity index (χ1) is 18.2. The molecule has 2 aromatic carbocycles. The van der Waals surface area contributed by atoms with Crippen LogP contribution in [0.5, 0.6) is 23.0 Å². The van der Waals surface area contributed by atoms with E-state index in [1.807, 2.05) is 0 Å². The lowest BCUT2D eigenvalue weighted by atomic mass is 9.99. The predicted molar refractivity (Wildman–Crippen MR) is 132 cm³/mol. The lowest BCUT2D eigenvalue weighted by molar-refractivity contribution is -0.301. The van der Waals surface area contributed by atoms with Gasteiger partial charge in [0.15, 0.2) is 35.4 Å². The fourth-order valence-corrected chi connectivity index (χ4v) is 4.10. The van der Waals surface area contributed by atoms with Crippen LogP contribution in [0.15, 0.2) is 36.4 Å². The molecule has 12 heteroatoms. The largest absolute Gasteiger partial charge is 0.504 e. The van der Waals surface area contributed by atoms with Crippen molar-refractivity contribution in [2.45, 2.75) is 55.8 Å². The lowest BCUT2D eigenvalue weighted by Crippen LogP contribution is -2.59. The lowest BCUT2D eigenvalue weighted by Gasteiger charge is -2.39. The van der Waals surface area contributed by atoms with E-state index in [1.165, 1.54) is 32.4 Å². The summed E-state index contributed by atoms with van der Waals surface area (Å²) in [7, 11) is 2.85. The van der Waals surface area contributed by atoms with Crippen molar-refractivity contribution < 1.29 is 59.4 Å². The number of benzene rings is 2. The summed E-state index contributed by atoms with van der Waals surface area (Å²) < 4.78 is 27.2. The quantitative estimate of drug-likeness (QED) is 0.164. The average Bonchev–Trinajstić information content (AvgIpc) is 2.94. The van der Waals surface area contributed by atoms with Gasteiger partial charge in [0.05, 0.1) is 34.0 Å². The molecular formula is C26H36O12. The second-order valence-corrected chi connectivity index (χ2v) is 8.87. The van der Waals surface area contributed by atoms with Crippen LogP contribution >= 0.6 is 0 Å². The summed E-state index contributed by atoms with van der Waals surface area (Å²) in [5.41, 5.74) is 1.25. The first-order valence-electron chi connectivity index (χ1n) is 12.2. The molecular weight excluding hydrogens is 504 g/mol. The molecule has 7 N–H and O–H groups in total. The summed E-state index contributed by atoms with van der Waals surface area (Å²) in [6.45, 7) is -0.862. The van der Waals surface area contributed by atoms with E-state index >= 15 is 0 Å². The Labute approximate surface area is 220 Å². The third-order valence-electron chi connectivity index (χ3n) is 6.32.